The Morgan fingerprint density at radius 3 is 2.21 bits per heavy atom. The Bertz CT molecular complexity index is 851. The summed E-state index contributed by atoms with van der Waals surface area (Å²) in [5, 5.41) is 8.67. The Hall–Kier alpha value is -2.38. The van der Waals surface area contributed by atoms with Crippen LogP contribution in [0.15, 0.2) is 59.5 Å². The number of ether oxygens (including phenoxy) is 1. The van der Waals surface area contributed by atoms with E-state index in [0.717, 1.165) is 31.2 Å². The van der Waals surface area contributed by atoms with Crippen molar-refractivity contribution in [3.05, 3.63) is 60.2 Å². The Kier molecular flexibility index (Phi) is 9.15. The highest BCUT2D eigenvalue weighted by molar-refractivity contribution is 7.89. The average Bonchev–Trinajstić information content (AvgIpc) is 2.72. The van der Waals surface area contributed by atoms with E-state index in [1.807, 2.05) is 30.3 Å². The van der Waals surface area contributed by atoms with Gasteiger partial charge in [-0.3, -0.25) is 4.79 Å². The second-order valence-corrected chi connectivity index (χ2v) is 8.67. The molecular formula is C22H29NO5S. The fourth-order valence-electron chi connectivity index (χ4n) is 3.14. The summed E-state index contributed by atoms with van der Waals surface area (Å²) in [4.78, 5) is 10.7. The molecule has 6 nitrogen and oxygen atoms in total. The highest BCUT2D eigenvalue weighted by Crippen LogP contribution is 2.24. The van der Waals surface area contributed by atoms with Crippen molar-refractivity contribution in [3.8, 4) is 5.75 Å². The molecule has 0 spiro atoms. The summed E-state index contributed by atoms with van der Waals surface area (Å²) in [5.74, 6) is -0.159. The number of benzene rings is 2. The highest BCUT2D eigenvalue weighted by atomic mass is 32.2. The van der Waals surface area contributed by atoms with Crippen molar-refractivity contribution in [2.75, 3.05) is 7.11 Å². The number of carbonyl (C=O) groups is 1. The Morgan fingerprint density at radius 1 is 0.966 bits per heavy atom. The van der Waals surface area contributed by atoms with Crippen LogP contribution in [-0.4, -0.2) is 26.6 Å². The number of carboxylic acid groups (broad SMARTS) is 1. The summed E-state index contributed by atoms with van der Waals surface area (Å²) < 4.78 is 33.6. The van der Waals surface area contributed by atoms with Crippen LogP contribution in [0.3, 0.4) is 0 Å². The minimum absolute atomic E-state index is 0.202. The molecule has 2 aromatic carbocycles. The van der Waals surface area contributed by atoms with Crippen LogP contribution in [0.25, 0.3) is 0 Å². The van der Waals surface area contributed by atoms with E-state index in [1.54, 1.807) is 12.1 Å². The van der Waals surface area contributed by atoms with Gasteiger partial charge in [-0.25, -0.2) is 13.1 Å². The fraction of sp³-hybridized carbons (Fsp3) is 0.409. The van der Waals surface area contributed by atoms with Crippen molar-refractivity contribution in [1.82, 2.24) is 4.72 Å². The van der Waals surface area contributed by atoms with E-state index in [-0.39, 0.29) is 17.4 Å². The number of methoxy groups -OCH3 is 1. The van der Waals surface area contributed by atoms with Crippen molar-refractivity contribution in [1.29, 1.82) is 0 Å². The van der Waals surface area contributed by atoms with E-state index in [9.17, 15) is 13.2 Å². The second-order valence-electron chi connectivity index (χ2n) is 6.96. The van der Waals surface area contributed by atoms with Gasteiger partial charge in [0.1, 0.15) is 5.75 Å². The summed E-state index contributed by atoms with van der Waals surface area (Å²) in [7, 11) is -2.13. The molecule has 0 bridgehead atoms. The van der Waals surface area contributed by atoms with Crippen molar-refractivity contribution < 1.29 is 23.1 Å². The fourth-order valence-corrected chi connectivity index (χ4v) is 4.40. The molecule has 7 heteroatoms. The first-order chi connectivity index (χ1) is 13.9. The maximum atomic E-state index is 12.8. The molecule has 0 heterocycles. The van der Waals surface area contributed by atoms with Gasteiger partial charge in [-0.1, -0.05) is 56.0 Å². The van der Waals surface area contributed by atoms with E-state index >= 15 is 0 Å². The lowest BCUT2D eigenvalue weighted by Gasteiger charge is -2.19. The largest absolute Gasteiger partial charge is 0.497 e. The smallest absolute Gasteiger partial charge is 0.303 e. The zero-order chi connectivity index (χ0) is 21.1. The molecule has 29 heavy (non-hydrogen) atoms. The van der Waals surface area contributed by atoms with E-state index in [4.69, 9.17) is 9.84 Å². The predicted molar refractivity (Wildman–Crippen MR) is 112 cm³/mol. The summed E-state index contributed by atoms with van der Waals surface area (Å²) in [6, 6.07) is 15.6. The standard InChI is InChI=1S/C22H29NO5S/c1-28-19-14-16-20(17-15-19)29(26,27)23-21(18-10-6-5-7-11-18)12-8-3-2-4-9-13-22(24)25/h5-7,10-11,14-17,21,23H,2-4,8-9,12-13H2,1H3,(H,24,25). The molecule has 1 unspecified atom stereocenters. The van der Waals surface area contributed by atoms with Crippen LogP contribution in [0.1, 0.15) is 56.6 Å². The topological polar surface area (TPSA) is 92.7 Å². The monoisotopic (exact) mass is 419 g/mol. The normalized spacial score (nSPS) is 12.4. The number of carboxylic acids is 1. The molecule has 2 N–H and O–H groups in total. The first-order valence-corrected chi connectivity index (χ1v) is 11.3. The van der Waals surface area contributed by atoms with E-state index in [1.165, 1.54) is 19.2 Å². The zero-order valence-corrected chi connectivity index (χ0v) is 17.5. The molecule has 0 saturated carbocycles. The first kappa shape index (κ1) is 22.9. The summed E-state index contributed by atoms with van der Waals surface area (Å²) >= 11 is 0. The van der Waals surface area contributed by atoms with Gasteiger partial charge >= 0.3 is 5.97 Å². The number of hydrogen-bond donors (Lipinski definition) is 2. The van der Waals surface area contributed by atoms with Crippen LogP contribution in [0.2, 0.25) is 0 Å². The average molecular weight is 420 g/mol. The van der Waals surface area contributed by atoms with Crippen molar-refractivity contribution in [3.63, 3.8) is 0 Å². The lowest BCUT2D eigenvalue weighted by atomic mass is 10.0. The molecule has 158 valence electrons. The Morgan fingerprint density at radius 2 is 1.59 bits per heavy atom. The third-order valence-electron chi connectivity index (χ3n) is 4.75. The van der Waals surface area contributed by atoms with Gasteiger partial charge in [0, 0.05) is 12.5 Å². The summed E-state index contributed by atoms with van der Waals surface area (Å²) in [6.07, 6.45) is 5.18. The third-order valence-corrected chi connectivity index (χ3v) is 6.24. The highest BCUT2D eigenvalue weighted by Gasteiger charge is 2.21. The van der Waals surface area contributed by atoms with Gasteiger partial charge in [0.25, 0.3) is 0 Å². The lowest BCUT2D eigenvalue weighted by molar-refractivity contribution is -0.137. The SMILES string of the molecule is COc1ccc(S(=O)(=O)NC(CCCCCCCC(=O)O)c2ccccc2)cc1. The molecule has 2 rings (SSSR count). The maximum absolute atomic E-state index is 12.8. The molecule has 0 aliphatic carbocycles. The number of nitrogens with one attached hydrogen (secondary N) is 1. The summed E-state index contributed by atoms with van der Waals surface area (Å²) in [5.41, 5.74) is 0.926. The van der Waals surface area contributed by atoms with Gasteiger partial charge in [0.15, 0.2) is 0 Å². The Labute approximate surface area is 173 Å². The number of unbranched alkanes of at least 4 members (excludes halogenated alkanes) is 4. The predicted octanol–water partition coefficient (Wildman–Crippen LogP) is 4.53. The number of aliphatic carboxylic acids is 1. The van der Waals surface area contributed by atoms with Crippen LogP contribution in [0.4, 0.5) is 0 Å². The zero-order valence-electron chi connectivity index (χ0n) is 16.7. The van der Waals surface area contributed by atoms with E-state index in [0.29, 0.717) is 18.6 Å². The van der Waals surface area contributed by atoms with Gasteiger partial charge in [-0.15, -0.1) is 0 Å². The van der Waals surface area contributed by atoms with Crippen LogP contribution in [0.5, 0.6) is 5.75 Å². The molecule has 0 aromatic heterocycles. The van der Waals surface area contributed by atoms with Gasteiger partial charge in [-0.2, -0.15) is 0 Å². The number of sulfonamides is 1. The van der Waals surface area contributed by atoms with Gasteiger partial charge in [0.05, 0.1) is 12.0 Å². The molecule has 0 radical (unpaired) electrons. The molecule has 2 aromatic rings. The van der Waals surface area contributed by atoms with Gasteiger partial charge in [0.2, 0.25) is 10.0 Å². The van der Waals surface area contributed by atoms with Gasteiger partial charge in [-0.05, 0) is 42.7 Å². The van der Waals surface area contributed by atoms with Crippen LogP contribution in [-0.2, 0) is 14.8 Å². The van der Waals surface area contributed by atoms with Crippen molar-refractivity contribution >= 4 is 16.0 Å². The lowest BCUT2D eigenvalue weighted by Crippen LogP contribution is -2.28. The van der Waals surface area contributed by atoms with Crippen LogP contribution < -0.4 is 9.46 Å². The van der Waals surface area contributed by atoms with Crippen molar-refractivity contribution in [2.24, 2.45) is 0 Å². The number of hydrogen-bond acceptors (Lipinski definition) is 4. The molecule has 1 atom stereocenters. The maximum Gasteiger partial charge on any atom is 0.303 e. The molecule has 0 aliphatic rings. The van der Waals surface area contributed by atoms with Gasteiger partial charge < -0.3 is 9.84 Å². The number of rotatable bonds is 13. The molecular weight excluding hydrogens is 390 g/mol. The van der Waals surface area contributed by atoms with Crippen LogP contribution in [0, 0.1) is 0 Å². The third kappa shape index (κ3) is 7.87. The Balaban J connectivity index is 1.98. The summed E-state index contributed by atoms with van der Waals surface area (Å²) in [6.45, 7) is 0. The van der Waals surface area contributed by atoms with E-state index in [2.05, 4.69) is 4.72 Å². The van der Waals surface area contributed by atoms with Crippen molar-refractivity contribution in [2.45, 2.75) is 55.9 Å². The van der Waals surface area contributed by atoms with E-state index < -0.39 is 16.0 Å². The quantitative estimate of drug-likeness (QED) is 0.465. The molecule has 0 saturated heterocycles. The molecule has 0 fully saturated rings. The second kappa shape index (κ2) is 11.6. The molecule has 0 aliphatic heterocycles. The first-order valence-electron chi connectivity index (χ1n) is 9.85. The minimum Gasteiger partial charge on any atom is -0.497 e. The minimum atomic E-state index is -3.66. The molecule has 0 amide bonds. The van der Waals surface area contributed by atoms with Crippen LogP contribution >= 0.6 is 0 Å².